The third kappa shape index (κ3) is 2.41. The van der Waals surface area contributed by atoms with Gasteiger partial charge in [0.1, 0.15) is 0 Å². The quantitative estimate of drug-likeness (QED) is 0.456. The SMILES string of the molecule is CB1CCB(C)NCN1. The van der Waals surface area contributed by atoms with Gasteiger partial charge in [-0.3, -0.25) is 0 Å². The molecule has 0 aromatic heterocycles. The molecule has 0 atom stereocenters. The van der Waals surface area contributed by atoms with Crippen molar-refractivity contribution in [2.75, 3.05) is 6.67 Å². The van der Waals surface area contributed by atoms with E-state index < -0.39 is 0 Å². The summed E-state index contributed by atoms with van der Waals surface area (Å²) in [7, 11) is 0. The van der Waals surface area contributed by atoms with Crippen LogP contribution in [-0.4, -0.2) is 20.4 Å². The molecule has 0 amide bonds. The van der Waals surface area contributed by atoms with Gasteiger partial charge < -0.3 is 10.5 Å². The van der Waals surface area contributed by atoms with Gasteiger partial charge in [0.2, 0.25) is 13.7 Å². The maximum absolute atomic E-state index is 3.36. The zero-order chi connectivity index (χ0) is 6.69. The van der Waals surface area contributed by atoms with Crippen LogP contribution < -0.4 is 10.5 Å². The molecule has 2 nitrogen and oxygen atoms in total. The molecular formula is C5H14B2N2. The lowest BCUT2D eigenvalue weighted by Gasteiger charge is -2.03. The normalized spacial score (nSPS) is 22.0. The summed E-state index contributed by atoms with van der Waals surface area (Å²) < 4.78 is 0. The molecule has 4 heteroatoms. The van der Waals surface area contributed by atoms with Crippen LogP contribution in [0.4, 0.5) is 0 Å². The van der Waals surface area contributed by atoms with Gasteiger partial charge in [0.05, 0.1) is 0 Å². The van der Waals surface area contributed by atoms with Gasteiger partial charge in [0.15, 0.2) is 0 Å². The minimum atomic E-state index is 0.697. The molecule has 0 bridgehead atoms. The summed E-state index contributed by atoms with van der Waals surface area (Å²) in [6, 6.07) is 0. The second kappa shape index (κ2) is 3.28. The Morgan fingerprint density at radius 3 is 1.89 bits per heavy atom. The lowest BCUT2D eigenvalue weighted by molar-refractivity contribution is 0.865. The molecule has 0 spiro atoms. The van der Waals surface area contributed by atoms with Crippen LogP contribution >= 0.6 is 0 Å². The van der Waals surface area contributed by atoms with Crippen molar-refractivity contribution in [1.29, 1.82) is 0 Å². The van der Waals surface area contributed by atoms with Gasteiger partial charge >= 0.3 is 0 Å². The molecule has 0 aromatic rings. The van der Waals surface area contributed by atoms with E-state index in [4.69, 9.17) is 0 Å². The van der Waals surface area contributed by atoms with Crippen LogP contribution in [-0.2, 0) is 0 Å². The summed E-state index contributed by atoms with van der Waals surface area (Å²) in [5, 5.41) is 6.73. The van der Waals surface area contributed by atoms with Gasteiger partial charge in [-0.05, 0) is 0 Å². The van der Waals surface area contributed by atoms with E-state index in [1.165, 1.54) is 12.6 Å². The Balaban J connectivity index is 2.25. The molecule has 1 fully saturated rings. The largest absolute Gasteiger partial charge is 0.345 e. The molecular weight excluding hydrogens is 110 g/mol. The maximum Gasteiger partial charge on any atom is 0.217 e. The summed E-state index contributed by atoms with van der Waals surface area (Å²) in [6.45, 7) is 6.84. The van der Waals surface area contributed by atoms with Crippen LogP contribution in [0.1, 0.15) is 0 Å². The smallest absolute Gasteiger partial charge is 0.217 e. The van der Waals surface area contributed by atoms with E-state index in [1.54, 1.807) is 0 Å². The van der Waals surface area contributed by atoms with Gasteiger partial charge in [-0.15, -0.1) is 0 Å². The molecule has 9 heavy (non-hydrogen) atoms. The van der Waals surface area contributed by atoms with E-state index in [-0.39, 0.29) is 0 Å². The third-order valence-corrected chi connectivity index (χ3v) is 1.93. The molecule has 1 heterocycles. The van der Waals surface area contributed by atoms with Crippen LogP contribution in [0.3, 0.4) is 0 Å². The lowest BCUT2D eigenvalue weighted by atomic mass is 9.52. The second-order valence-electron chi connectivity index (χ2n) is 2.96. The van der Waals surface area contributed by atoms with Gasteiger partial charge in [0, 0.05) is 6.67 Å². The van der Waals surface area contributed by atoms with Crippen LogP contribution in [0.2, 0.25) is 26.3 Å². The second-order valence-corrected chi connectivity index (χ2v) is 2.96. The molecule has 2 N–H and O–H groups in total. The molecule has 1 rings (SSSR count). The van der Waals surface area contributed by atoms with Crippen molar-refractivity contribution in [3.8, 4) is 0 Å². The van der Waals surface area contributed by atoms with Gasteiger partial charge in [-0.1, -0.05) is 26.3 Å². The Kier molecular flexibility index (Phi) is 2.61. The fourth-order valence-electron chi connectivity index (χ4n) is 1.11. The molecule has 0 unspecified atom stereocenters. The molecule has 1 aliphatic rings. The average Bonchev–Trinajstić information content (AvgIpc) is 1.97. The Hall–Kier alpha value is 0.0499. The Morgan fingerprint density at radius 2 is 1.44 bits per heavy atom. The summed E-state index contributed by atoms with van der Waals surface area (Å²) >= 11 is 0. The highest BCUT2D eigenvalue weighted by molar-refractivity contribution is 6.61. The molecule has 0 aliphatic carbocycles. The highest BCUT2D eigenvalue weighted by Gasteiger charge is 2.15. The summed E-state index contributed by atoms with van der Waals surface area (Å²) in [4.78, 5) is 0. The summed E-state index contributed by atoms with van der Waals surface area (Å²) in [5.74, 6) is 0. The number of hydrogen-bond acceptors (Lipinski definition) is 2. The predicted octanol–water partition coefficient (Wildman–Crippen LogP) is 0.379. The van der Waals surface area contributed by atoms with Gasteiger partial charge in [-0.25, -0.2) is 0 Å². The first-order chi connectivity index (χ1) is 4.29. The van der Waals surface area contributed by atoms with Crippen molar-refractivity contribution < 1.29 is 0 Å². The Bertz CT molecular complexity index is 79.0. The minimum absolute atomic E-state index is 0.697. The van der Waals surface area contributed by atoms with Crippen molar-refractivity contribution in [2.24, 2.45) is 0 Å². The fourth-order valence-corrected chi connectivity index (χ4v) is 1.11. The van der Waals surface area contributed by atoms with Crippen molar-refractivity contribution in [3.05, 3.63) is 0 Å². The molecule has 1 saturated heterocycles. The molecule has 0 aromatic carbocycles. The number of hydrogen-bond donors (Lipinski definition) is 2. The van der Waals surface area contributed by atoms with E-state index >= 15 is 0 Å². The fraction of sp³-hybridized carbons (Fsp3) is 1.00. The minimum Gasteiger partial charge on any atom is -0.345 e. The van der Waals surface area contributed by atoms with E-state index in [1.807, 2.05) is 0 Å². The first-order valence-corrected chi connectivity index (χ1v) is 3.76. The summed E-state index contributed by atoms with van der Waals surface area (Å²) in [6.07, 6.45) is 2.60. The van der Waals surface area contributed by atoms with Crippen molar-refractivity contribution in [2.45, 2.75) is 26.3 Å². The molecule has 50 valence electrons. The van der Waals surface area contributed by atoms with Gasteiger partial charge in [-0.2, -0.15) is 0 Å². The lowest BCUT2D eigenvalue weighted by Crippen LogP contribution is -2.38. The van der Waals surface area contributed by atoms with Crippen LogP contribution in [0.5, 0.6) is 0 Å². The van der Waals surface area contributed by atoms with Crippen molar-refractivity contribution in [3.63, 3.8) is 0 Å². The summed E-state index contributed by atoms with van der Waals surface area (Å²) in [5.41, 5.74) is 0. The highest BCUT2D eigenvalue weighted by Crippen LogP contribution is 2.01. The van der Waals surface area contributed by atoms with E-state index in [0.717, 1.165) is 6.67 Å². The monoisotopic (exact) mass is 124 g/mol. The van der Waals surface area contributed by atoms with E-state index in [0.29, 0.717) is 13.7 Å². The van der Waals surface area contributed by atoms with E-state index in [2.05, 4.69) is 24.1 Å². The Morgan fingerprint density at radius 1 is 1.00 bits per heavy atom. The van der Waals surface area contributed by atoms with Crippen LogP contribution in [0, 0.1) is 0 Å². The predicted molar refractivity (Wildman–Crippen MR) is 44.0 cm³/mol. The first kappa shape index (κ1) is 7.16. The molecule has 0 radical (unpaired) electrons. The molecule has 0 saturated carbocycles. The standard InChI is InChI=1S/C5H14B2N2/c1-6-3-4-7(2)9-5-8-6/h8-9H,3-5H2,1-2H3. The topological polar surface area (TPSA) is 24.1 Å². The first-order valence-electron chi connectivity index (χ1n) is 3.76. The van der Waals surface area contributed by atoms with Crippen molar-refractivity contribution in [1.82, 2.24) is 10.5 Å². The van der Waals surface area contributed by atoms with E-state index in [9.17, 15) is 0 Å². The maximum atomic E-state index is 3.36. The number of nitrogens with one attached hydrogen (secondary N) is 2. The average molecular weight is 124 g/mol. The zero-order valence-corrected chi connectivity index (χ0v) is 6.28. The van der Waals surface area contributed by atoms with Crippen molar-refractivity contribution >= 4 is 13.7 Å². The number of rotatable bonds is 0. The zero-order valence-electron chi connectivity index (χ0n) is 6.28. The highest BCUT2D eigenvalue weighted by atomic mass is 15.0. The molecule has 1 aliphatic heterocycles. The van der Waals surface area contributed by atoms with Crippen LogP contribution in [0.15, 0.2) is 0 Å². The van der Waals surface area contributed by atoms with Crippen LogP contribution in [0.25, 0.3) is 0 Å². The van der Waals surface area contributed by atoms with Gasteiger partial charge in [0.25, 0.3) is 0 Å². The Labute approximate surface area is 58.0 Å². The third-order valence-electron chi connectivity index (χ3n) is 1.93.